The SMILES string of the molecule is CC(C)(C)CCNC(=O)CCOCCSCC(C)(C)C. The van der Waals surface area contributed by atoms with Gasteiger partial charge in [0, 0.05) is 18.7 Å². The van der Waals surface area contributed by atoms with Crippen molar-refractivity contribution in [1.29, 1.82) is 0 Å². The fourth-order valence-electron chi connectivity index (χ4n) is 1.43. The third kappa shape index (κ3) is 15.8. The number of hydrogen-bond donors (Lipinski definition) is 1. The van der Waals surface area contributed by atoms with Gasteiger partial charge in [-0.15, -0.1) is 0 Å². The van der Waals surface area contributed by atoms with Gasteiger partial charge in [0.05, 0.1) is 13.2 Å². The summed E-state index contributed by atoms with van der Waals surface area (Å²) < 4.78 is 5.48. The van der Waals surface area contributed by atoms with Crippen molar-refractivity contribution in [1.82, 2.24) is 5.32 Å². The molecule has 0 saturated carbocycles. The van der Waals surface area contributed by atoms with E-state index >= 15 is 0 Å². The zero-order valence-electron chi connectivity index (χ0n) is 14.2. The predicted octanol–water partition coefficient (Wildman–Crippen LogP) is 3.72. The first-order chi connectivity index (χ1) is 9.10. The van der Waals surface area contributed by atoms with Crippen LogP contribution in [0, 0.1) is 10.8 Å². The maximum Gasteiger partial charge on any atom is 0.222 e. The minimum atomic E-state index is 0.0941. The lowest BCUT2D eigenvalue weighted by atomic mass is 9.92. The Hall–Kier alpha value is -0.220. The molecule has 3 nitrogen and oxygen atoms in total. The van der Waals surface area contributed by atoms with Gasteiger partial charge in [-0.25, -0.2) is 0 Å². The number of nitrogens with one attached hydrogen (secondary N) is 1. The van der Waals surface area contributed by atoms with Gasteiger partial charge in [-0.05, 0) is 23.0 Å². The standard InChI is InChI=1S/C16H33NO2S/c1-15(2,3)8-9-17-14(18)7-10-19-11-12-20-13-16(4,5)6/h7-13H2,1-6H3,(H,17,18). The van der Waals surface area contributed by atoms with Crippen LogP contribution in [0.4, 0.5) is 0 Å². The molecular formula is C16H33NO2S. The molecule has 1 N–H and O–H groups in total. The summed E-state index contributed by atoms with van der Waals surface area (Å²) in [6.45, 7) is 15.3. The normalized spacial score (nSPS) is 12.5. The summed E-state index contributed by atoms with van der Waals surface area (Å²) in [5.41, 5.74) is 0.645. The molecule has 0 fully saturated rings. The van der Waals surface area contributed by atoms with Gasteiger partial charge in [-0.3, -0.25) is 4.79 Å². The average molecular weight is 304 g/mol. The Bertz CT molecular complexity index is 267. The number of carbonyl (C=O) groups is 1. The van der Waals surface area contributed by atoms with Gasteiger partial charge in [0.15, 0.2) is 0 Å². The van der Waals surface area contributed by atoms with Crippen LogP contribution in [0.1, 0.15) is 54.4 Å². The van der Waals surface area contributed by atoms with Crippen LogP contribution in [0.3, 0.4) is 0 Å². The van der Waals surface area contributed by atoms with Crippen molar-refractivity contribution < 1.29 is 9.53 Å². The summed E-state index contributed by atoms with van der Waals surface area (Å²) >= 11 is 1.91. The maximum atomic E-state index is 11.6. The third-order valence-corrected chi connectivity index (χ3v) is 4.10. The maximum absolute atomic E-state index is 11.6. The molecule has 0 aromatic carbocycles. The second-order valence-electron chi connectivity index (χ2n) is 7.64. The molecule has 0 spiro atoms. The van der Waals surface area contributed by atoms with Crippen LogP contribution in [0.25, 0.3) is 0 Å². The molecule has 120 valence electrons. The van der Waals surface area contributed by atoms with E-state index in [4.69, 9.17) is 4.74 Å². The van der Waals surface area contributed by atoms with Crippen LogP contribution < -0.4 is 5.32 Å². The summed E-state index contributed by atoms with van der Waals surface area (Å²) in [7, 11) is 0. The molecule has 20 heavy (non-hydrogen) atoms. The highest BCUT2D eigenvalue weighted by molar-refractivity contribution is 7.99. The zero-order chi connectivity index (χ0) is 15.6. The predicted molar refractivity (Wildman–Crippen MR) is 89.3 cm³/mol. The van der Waals surface area contributed by atoms with Gasteiger partial charge in [0.1, 0.15) is 0 Å². The lowest BCUT2D eigenvalue weighted by Crippen LogP contribution is -2.28. The summed E-state index contributed by atoms with van der Waals surface area (Å²) in [6, 6.07) is 0. The Morgan fingerprint density at radius 3 is 2.25 bits per heavy atom. The van der Waals surface area contributed by atoms with Crippen molar-refractivity contribution in [2.75, 3.05) is 31.3 Å². The molecule has 0 bridgehead atoms. The molecule has 0 aliphatic rings. The molecule has 0 aromatic rings. The van der Waals surface area contributed by atoms with E-state index in [1.165, 1.54) is 0 Å². The number of hydrogen-bond acceptors (Lipinski definition) is 3. The Balaban J connectivity index is 3.36. The highest BCUT2D eigenvalue weighted by Crippen LogP contribution is 2.20. The Morgan fingerprint density at radius 1 is 1.05 bits per heavy atom. The van der Waals surface area contributed by atoms with Gasteiger partial charge in [-0.1, -0.05) is 41.5 Å². The van der Waals surface area contributed by atoms with E-state index in [9.17, 15) is 4.79 Å². The summed E-state index contributed by atoms with van der Waals surface area (Å²) in [6.07, 6.45) is 1.47. The van der Waals surface area contributed by atoms with Gasteiger partial charge >= 0.3 is 0 Å². The topological polar surface area (TPSA) is 38.3 Å². The highest BCUT2D eigenvalue weighted by Gasteiger charge is 2.11. The minimum Gasteiger partial charge on any atom is -0.380 e. The monoisotopic (exact) mass is 303 g/mol. The molecule has 1 amide bonds. The van der Waals surface area contributed by atoms with Gasteiger partial charge < -0.3 is 10.1 Å². The molecule has 0 rings (SSSR count). The third-order valence-electron chi connectivity index (χ3n) is 2.58. The molecule has 0 unspecified atom stereocenters. The van der Waals surface area contributed by atoms with Crippen molar-refractivity contribution in [2.24, 2.45) is 10.8 Å². The van der Waals surface area contributed by atoms with Crippen molar-refractivity contribution in [3.8, 4) is 0 Å². The number of thioether (sulfide) groups is 1. The lowest BCUT2D eigenvalue weighted by Gasteiger charge is -2.18. The van der Waals surface area contributed by atoms with Gasteiger partial charge in [0.25, 0.3) is 0 Å². The van der Waals surface area contributed by atoms with Crippen LogP contribution in [-0.4, -0.2) is 37.2 Å². The number of carbonyl (C=O) groups excluding carboxylic acids is 1. The van der Waals surface area contributed by atoms with E-state index in [1.54, 1.807) is 0 Å². The Labute approximate surface area is 129 Å². The van der Waals surface area contributed by atoms with E-state index < -0.39 is 0 Å². The zero-order valence-corrected chi connectivity index (χ0v) is 15.0. The minimum absolute atomic E-state index is 0.0941. The molecule has 0 aliphatic carbocycles. The van der Waals surface area contributed by atoms with Gasteiger partial charge in [-0.2, -0.15) is 11.8 Å². The first-order valence-corrected chi connectivity index (χ1v) is 8.68. The molecular weight excluding hydrogens is 270 g/mol. The Kier molecular flexibility index (Phi) is 9.56. The fourth-order valence-corrected chi connectivity index (χ4v) is 2.42. The Morgan fingerprint density at radius 2 is 1.70 bits per heavy atom. The summed E-state index contributed by atoms with van der Waals surface area (Å²) in [4.78, 5) is 11.6. The lowest BCUT2D eigenvalue weighted by molar-refractivity contribution is -0.122. The summed E-state index contributed by atoms with van der Waals surface area (Å²) in [5.74, 6) is 2.24. The van der Waals surface area contributed by atoms with Crippen molar-refractivity contribution >= 4 is 17.7 Å². The summed E-state index contributed by atoms with van der Waals surface area (Å²) in [5, 5.41) is 2.94. The van der Waals surface area contributed by atoms with E-state index in [0.717, 1.165) is 31.1 Å². The number of rotatable bonds is 9. The van der Waals surface area contributed by atoms with Crippen LogP contribution in [0.5, 0.6) is 0 Å². The van der Waals surface area contributed by atoms with Crippen molar-refractivity contribution in [3.05, 3.63) is 0 Å². The first-order valence-electron chi connectivity index (χ1n) is 7.52. The molecule has 0 aromatic heterocycles. The van der Waals surface area contributed by atoms with Crippen LogP contribution >= 0.6 is 11.8 Å². The molecule has 0 atom stereocenters. The van der Waals surface area contributed by atoms with Crippen molar-refractivity contribution in [3.63, 3.8) is 0 Å². The molecule has 0 heterocycles. The van der Waals surface area contributed by atoms with Crippen LogP contribution in [0.2, 0.25) is 0 Å². The van der Waals surface area contributed by atoms with Crippen LogP contribution in [0.15, 0.2) is 0 Å². The second-order valence-corrected chi connectivity index (χ2v) is 8.74. The van der Waals surface area contributed by atoms with E-state index in [2.05, 4.69) is 46.9 Å². The molecule has 0 aliphatic heterocycles. The molecule has 0 radical (unpaired) electrons. The largest absolute Gasteiger partial charge is 0.380 e. The van der Waals surface area contributed by atoms with Crippen LogP contribution in [-0.2, 0) is 9.53 Å². The first kappa shape index (κ1) is 19.8. The smallest absolute Gasteiger partial charge is 0.222 e. The van der Waals surface area contributed by atoms with E-state index in [1.807, 2.05) is 11.8 Å². The number of amides is 1. The van der Waals surface area contributed by atoms with E-state index in [-0.39, 0.29) is 11.3 Å². The molecule has 4 heteroatoms. The van der Waals surface area contributed by atoms with Gasteiger partial charge in [0.2, 0.25) is 5.91 Å². The quantitative estimate of drug-likeness (QED) is 0.660. The number of ether oxygens (including phenoxy) is 1. The molecule has 0 saturated heterocycles. The highest BCUT2D eigenvalue weighted by atomic mass is 32.2. The average Bonchev–Trinajstić information content (AvgIpc) is 2.24. The van der Waals surface area contributed by atoms with Crippen molar-refractivity contribution in [2.45, 2.75) is 54.4 Å². The fraction of sp³-hybridized carbons (Fsp3) is 0.938. The van der Waals surface area contributed by atoms with E-state index in [0.29, 0.717) is 18.4 Å². The second kappa shape index (κ2) is 9.67.